The Labute approximate surface area is 153 Å². The van der Waals surface area contributed by atoms with Crippen LogP contribution >= 0.6 is 11.3 Å². The molecule has 0 aliphatic heterocycles. The number of hydrogen-bond acceptors (Lipinski definition) is 4. The van der Waals surface area contributed by atoms with Crippen LogP contribution in [0, 0.1) is 5.92 Å². The summed E-state index contributed by atoms with van der Waals surface area (Å²) in [6.45, 7) is 3.79. The van der Waals surface area contributed by atoms with Crippen LogP contribution in [-0.4, -0.2) is 38.3 Å². The first kappa shape index (κ1) is 19.1. The quantitative estimate of drug-likeness (QED) is 0.499. The Morgan fingerprint density at radius 3 is 2.80 bits per heavy atom. The second-order valence-corrected chi connectivity index (χ2v) is 7.05. The molecule has 0 bridgehead atoms. The summed E-state index contributed by atoms with van der Waals surface area (Å²) in [7, 11) is 3.36. The molecule has 25 heavy (non-hydrogen) atoms. The van der Waals surface area contributed by atoms with Gasteiger partial charge in [0.15, 0.2) is 5.96 Å². The molecule has 0 fully saturated rings. The molecule has 6 heteroatoms. The molecule has 1 atom stereocenters. The van der Waals surface area contributed by atoms with Gasteiger partial charge in [0, 0.05) is 31.1 Å². The Bertz CT molecular complexity index is 671. The fourth-order valence-corrected chi connectivity index (χ4v) is 3.40. The van der Waals surface area contributed by atoms with Gasteiger partial charge in [0.05, 0.1) is 7.11 Å². The van der Waals surface area contributed by atoms with Crippen LogP contribution in [0.3, 0.4) is 0 Å². The van der Waals surface area contributed by atoms with Crippen molar-refractivity contribution in [2.75, 3.05) is 27.2 Å². The van der Waals surface area contributed by atoms with Crippen molar-refractivity contribution in [3.63, 3.8) is 0 Å². The van der Waals surface area contributed by atoms with Crippen LogP contribution in [0.5, 0.6) is 11.5 Å². The number of nitrogens with one attached hydrogen (secondary N) is 2. The van der Waals surface area contributed by atoms with E-state index < -0.39 is 0 Å². The molecule has 0 spiro atoms. The number of phenols is 1. The van der Waals surface area contributed by atoms with E-state index >= 15 is 0 Å². The number of guanidine groups is 1. The van der Waals surface area contributed by atoms with Crippen molar-refractivity contribution in [3.8, 4) is 11.5 Å². The fraction of sp³-hybridized carbons (Fsp3) is 0.421. The number of methoxy groups -OCH3 is 1. The van der Waals surface area contributed by atoms with E-state index in [1.807, 2.05) is 12.1 Å². The van der Waals surface area contributed by atoms with Gasteiger partial charge in [0.25, 0.3) is 0 Å². The molecule has 1 heterocycles. The molecule has 1 unspecified atom stereocenters. The van der Waals surface area contributed by atoms with E-state index in [0.29, 0.717) is 24.6 Å². The van der Waals surface area contributed by atoms with E-state index in [1.165, 1.54) is 4.88 Å². The number of nitrogens with zero attached hydrogens (tertiary/aromatic N) is 1. The topological polar surface area (TPSA) is 65.9 Å². The van der Waals surface area contributed by atoms with Gasteiger partial charge in [0.2, 0.25) is 0 Å². The number of benzene rings is 1. The number of aromatic hydroxyl groups is 1. The SMILES string of the molecule is CN=C(NCCc1ccc(OC)cc1O)NCC(C)Cc1cccs1. The third kappa shape index (κ3) is 6.31. The first-order valence-corrected chi connectivity index (χ1v) is 9.33. The van der Waals surface area contributed by atoms with Gasteiger partial charge >= 0.3 is 0 Å². The first-order valence-electron chi connectivity index (χ1n) is 8.45. The molecule has 0 amide bonds. The molecule has 0 saturated carbocycles. The molecular weight excluding hydrogens is 334 g/mol. The summed E-state index contributed by atoms with van der Waals surface area (Å²) in [6.07, 6.45) is 1.78. The smallest absolute Gasteiger partial charge is 0.190 e. The maximum Gasteiger partial charge on any atom is 0.190 e. The summed E-state index contributed by atoms with van der Waals surface area (Å²) < 4.78 is 5.10. The first-order chi connectivity index (χ1) is 12.1. The van der Waals surface area contributed by atoms with Crippen molar-refractivity contribution < 1.29 is 9.84 Å². The lowest BCUT2D eigenvalue weighted by Gasteiger charge is -2.16. The Morgan fingerprint density at radius 1 is 1.32 bits per heavy atom. The highest BCUT2D eigenvalue weighted by Gasteiger charge is 2.07. The van der Waals surface area contributed by atoms with Crippen LogP contribution in [0.15, 0.2) is 40.7 Å². The van der Waals surface area contributed by atoms with E-state index in [2.05, 4.69) is 40.1 Å². The second kappa shape index (κ2) is 9.93. The fourth-order valence-electron chi connectivity index (χ4n) is 2.53. The molecule has 5 nitrogen and oxygen atoms in total. The lowest BCUT2D eigenvalue weighted by atomic mass is 10.1. The van der Waals surface area contributed by atoms with Crippen LogP contribution in [0.4, 0.5) is 0 Å². The van der Waals surface area contributed by atoms with Gasteiger partial charge in [-0.1, -0.05) is 19.1 Å². The molecule has 3 N–H and O–H groups in total. The average molecular weight is 362 g/mol. The highest BCUT2D eigenvalue weighted by molar-refractivity contribution is 7.09. The minimum atomic E-state index is 0.258. The second-order valence-electron chi connectivity index (χ2n) is 6.01. The molecule has 0 radical (unpaired) electrons. The van der Waals surface area contributed by atoms with Crippen LogP contribution in [0.2, 0.25) is 0 Å². The van der Waals surface area contributed by atoms with Crippen molar-refractivity contribution in [3.05, 3.63) is 46.2 Å². The van der Waals surface area contributed by atoms with E-state index in [1.54, 1.807) is 31.6 Å². The molecule has 0 saturated heterocycles. The zero-order valence-corrected chi connectivity index (χ0v) is 15.9. The van der Waals surface area contributed by atoms with E-state index in [4.69, 9.17) is 4.74 Å². The molecule has 2 rings (SSSR count). The molecular formula is C19H27N3O2S. The Kier molecular flexibility index (Phi) is 7.60. The molecule has 0 aliphatic rings. The summed E-state index contributed by atoms with van der Waals surface area (Å²) in [5, 5.41) is 18.8. The Hall–Kier alpha value is -2.21. The average Bonchev–Trinajstić information content (AvgIpc) is 3.11. The highest BCUT2D eigenvalue weighted by atomic mass is 32.1. The number of aliphatic imine (C=N–C) groups is 1. The van der Waals surface area contributed by atoms with E-state index in [0.717, 1.165) is 24.5 Å². The van der Waals surface area contributed by atoms with Gasteiger partial charge in [-0.15, -0.1) is 11.3 Å². The van der Waals surface area contributed by atoms with Crippen molar-refractivity contribution in [2.24, 2.45) is 10.9 Å². The van der Waals surface area contributed by atoms with Crippen molar-refractivity contribution in [2.45, 2.75) is 19.8 Å². The summed E-state index contributed by atoms with van der Waals surface area (Å²) in [5.41, 5.74) is 0.884. The van der Waals surface area contributed by atoms with Crippen LogP contribution in [-0.2, 0) is 12.8 Å². The maximum atomic E-state index is 9.99. The van der Waals surface area contributed by atoms with Gasteiger partial charge in [-0.25, -0.2) is 0 Å². The van der Waals surface area contributed by atoms with E-state index in [-0.39, 0.29) is 5.75 Å². The predicted octanol–water partition coefficient (Wildman–Crippen LogP) is 3.05. The van der Waals surface area contributed by atoms with Gasteiger partial charge in [-0.2, -0.15) is 0 Å². The zero-order chi connectivity index (χ0) is 18.1. The zero-order valence-electron chi connectivity index (χ0n) is 15.1. The highest BCUT2D eigenvalue weighted by Crippen LogP contribution is 2.23. The minimum Gasteiger partial charge on any atom is -0.508 e. The summed E-state index contributed by atoms with van der Waals surface area (Å²) in [5.74, 6) is 2.23. The molecule has 136 valence electrons. The van der Waals surface area contributed by atoms with E-state index in [9.17, 15) is 5.11 Å². The molecule has 1 aromatic heterocycles. The summed E-state index contributed by atoms with van der Waals surface area (Å²) in [4.78, 5) is 5.66. The van der Waals surface area contributed by atoms with Crippen molar-refractivity contribution in [1.82, 2.24) is 10.6 Å². The van der Waals surface area contributed by atoms with Gasteiger partial charge < -0.3 is 20.5 Å². The van der Waals surface area contributed by atoms with Crippen molar-refractivity contribution >= 4 is 17.3 Å². The molecule has 1 aromatic carbocycles. The summed E-state index contributed by atoms with van der Waals surface area (Å²) >= 11 is 1.80. The number of ether oxygens (including phenoxy) is 1. The number of rotatable bonds is 8. The van der Waals surface area contributed by atoms with Crippen molar-refractivity contribution in [1.29, 1.82) is 0 Å². The van der Waals surface area contributed by atoms with Gasteiger partial charge in [-0.3, -0.25) is 4.99 Å². The van der Waals surface area contributed by atoms with Crippen LogP contribution < -0.4 is 15.4 Å². The Morgan fingerprint density at radius 2 is 2.16 bits per heavy atom. The number of thiophene rings is 1. The third-order valence-electron chi connectivity index (χ3n) is 3.95. The number of phenolic OH excluding ortho intramolecular Hbond substituents is 1. The monoisotopic (exact) mass is 361 g/mol. The number of hydrogen-bond donors (Lipinski definition) is 3. The Balaban J connectivity index is 1.73. The largest absolute Gasteiger partial charge is 0.508 e. The summed E-state index contributed by atoms with van der Waals surface area (Å²) in [6, 6.07) is 9.64. The van der Waals surface area contributed by atoms with Crippen LogP contribution in [0.25, 0.3) is 0 Å². The lowest BCUT2D eigenvalue weighted by Crippen LogP contribution is -2.40. The maximum absolute atomic E-state index is 9.99. The van der Waals surface area contributed by atoms with Gasteiger partial charge in [-0.05, 0) is 41.8 Å². The van der Waals surface area contributed by atoms with Crippen LogP contribution in [0.1, 0.15) is 17.4 Å². The third-order valence-corrected chi connectivity index (χ3v) is 4.85. The molecule has 0 aliphatic carbocycles. The predicted molar refractivity (Wildman–Crippen MR) is 105 cm³/mol. The normalized spacial score (nSPS) is 12.7. The molecule has 2 aromatic rings. The lowest BCUT2D eigenvalue weighted by molar-refractivity contribution is 0.406. The van der Waals surface area contributed by atoms with Gasteiger partial charge in [0.1, 0.15) is 11.5 Å². The minimum absolute atomic E-state index is 0.258. The standard InChI is InChI=1S/C19H27N3O2S/c1-14(11-17-5-4-10-25-17)13-22-19(20-2)21-9-8-15-6-7-16(24-3)12-18(15)23/h4-7,10,12,14,23H,8-9,11,13H2,1-3H3,(H2,20,21,22).